The standard InChI is InChI=1S/C38H41FN10O3/c1-25-22-48(33-11-6-28(21-43-33)36-41-13-3-14-42-36)17-18-49(25)34(51)23-47-16-12-38(24-47,26(2)40-15-19-50)37(52)44-30-9-10-32-31(20-30)35(46-45-32)27-4-7-29(39)8-5-27/h3-11,13-14,20-21,25,50H,12,15-19,22-24H2,1-2H3,(H,44,52)(H,45,46)/b40-26-/t25-,38?/m1/s1. The molecule has 3 N–H and O–H groups in total. The number of carbonyl (C=O) groups is 2. The SMILES string of the molecule is C/C(=N/CCO)C1(C(=O)Nc2ccc3[nH]nc(-c4ccc(F)cc4)c3c2)CCN(CC(=O)N2CCN(c3ccc(-c4ncccn4)cn3)C[C@H]2C)C1. The third-order valence-corrected chi connectivity index (χ3v) is 10.1. The van der Waals surface area contributed by atoms with Crippen LogP contribution in [0.4, 0.5) is 15.9 Å². The van der Waals surface area contributed by atoms with Crippen LogP contribution in [0.15, 0.2) is 84.2 Å². The maximum Gasteiger partial charge on any atom is 0.237 e. The summed E-state index contributed by atoms with van der Waals surface area (Å²) in [7, 11) is 0. The zero-order valence-corrected chi connectivity index (χ0v) is 29.2. The Morgan fingerprint density at radius 2 is 1.83 bits per heavy atom. The van der Waals surface area contributed by atoms with Gasteiger partial charge >= 0.3 is 0 Å². The van der Waals surface area contributed by atoms with Crippen molar-refractivity contribution in [3.05, 3.63) is 85.1 Å². The molecule has 14 heteroatoms. The highest BCUT2D eigenvalue weighted by Gasteiger charge is 2.48. The van der Waals surface area contributed by atoms with Gasteiger partial charge < -0.3 is 20.2 Å². The zero-order valence-electron chi connectivity index (χ0n) is 29.2. The first-order valence-corrected chi connectivity index (χ1v) is 17.4. The largest absolute Gasteiger partial charge is 0.394 e. The molecule has 2 fully saturated rings. The maximum absolute atomic E-state index is 14.2. The van der Waals surface area contributed by atoms with Crippen molar-refractivity contribution >= 4 is 39.9 Å². The average Bonchev–Trinajstić information content (AvgIpc) is 3.80. The predicted octanol–water partition coefficient (Wildman–Crippen LogP) is 4.04. The van der Waals surface area contributed by atoms with Gasteiger partial charge in [0, 0.05) is 85.3 Å². The van der Waals surface area contributed by atoms with Crippen LogP contribution in [0.2, 0.25) is 0 Å². The zero-order chi connectivity index (χ0) is 36.2. The van der Waals surface area contributed by atoms with Gasteiger partial charge in [-0.15, -0.1) is 0 Å². The Morgan fingerprint density at radius 1 is 1.04 bits per heavy atom. The van der Waals surface area contributed by atoms with E-state index in [1.54, 1.807) is 42.9 Å². The summed E-state index contributed by atoms with van der Waals surface area (Å²) in [4.78, 5) is 51.8. The summed E-state index contributed by atoms with van der Waals surface area (Å²) in [5, 5.41) is 20.8. The number of nitrogens with one attached hydrogen (secondary N) is 2. The Hall–Kier alpha value is -5.60. The van der Waals surface area contributed by atoms with Gasteiger partial charge in [0.1, 0.15) is 17.1 Å². The smallest absolute Gasteiger partial charge is 0.237 e. The number of aromatic nitrogens is 5. The van der Waals surface area contributed by atoms with E-state index in [2.05, 4.69) is 40.4 Å². The van der Waals surface area contributed by atoms with E-state index < -0.39 is 5.41 Å². The first-order chi connectivity index (χ1) is 25.2. The number of H-pyrrole nitrogens is 1. The van der Waals surface area contributed by atoms with Crippen LogP contribution in [-0.2, 0) is 9.59 Å². The number of aliphatic imine (C=N–C) groups is 1. The molecule has 2 aliphatic rings. The van der Waals surface area contributed by atoms with E-state index in [0.717, 1.165) is 27.8 Å². The highest BCUT2D eigenvalue weighted by Crippen LogP contribution is 2.35. The second-order valence-electron chi connectivity index (χ2n) is 13.4. The molecule has 2 atom stereocenters. The van der Waals surface area contributed by atoms with E-state index >= 15 is 0 Å². The number of hydrogen-bond acceptors (Lipinski definition) is 10. The van der Waals surface area contributed by atoms with Crippen molar-refractivity contribution < 1.29 is 19.1 Å². The summed E-state index contributed by atoms with van der Waals surface area (Å²) in [5.41, 5.74) is 3.22. The van der Waals surface area contributed by atoms with E-state index in [4.69, 9.17) is 0 Å². The van der Waals surface area contributed by atoms with Gasteiger partial charge in [0.25, 0.3) is 0 Å². The average molecular weight is 705 g/mol. The molecule has 268 valence electrons. The van der Waals surface area contributed by atoms with E-state index in [1.807, 2.05) is 47.9 Å². The summed E-state index contributed by atoms with van der Waals surface area (Å²) in [5.74, 6) is 0.907. The number of rotatable bonds is 10. The Labute approximate surface area is 300 Å². The van der Waals surface area contributed by atoms with Crippen molar-refractivity contribution in [2.75, 3.05) is 62.6 Å². The molecule has 2 saturated heterocycles. The molecule has 2 aromatic carbocycles. The molecule has 0 spiro atoms. The second kappa shape index (κ2) is 14.9. The Bertz CT molecular complexity index is 2070. The first-order valence-electron chi connectivity index (χ1n) is 17.4. The topological polar surface area (TPSA) is 156 Å². The normalized spacial score (nSPS) is 19.7. The number of aliphatic hydroxyl groups is 1. The van der Waals surface area contributed by atoms with E-state index in [1.165, 1.54) is 12.1 Å². The van der Waals surface area contributed by atoms with Crippen LogP contribution in [0.25, 0.3) is 33.5 Å². The number of halogens is 1. The van der Waals surface area contributed by atoms with Gasteiger partial charge in [0.05, 0.1) is 30.9 Å². The molecule has 0 saturated carbocycles. The molecule has 0 aliphatic carbocycles. The number of likely N-dealkylation sites (tertiary alicyclic amines) is 1. The van der Waals surface area contributed by atoms with Gasteiger partial charge in [0.2, 0.25) is 11.8 Å². The van der Waals surface area contributed by atoms with Gasteiger partial charge in [0.15, 0.2) is 5.82 Å². The molecule has 1 unspecified atom stereocenters. The van der Waals surface area contributed by atoms with Crippen molar-refractivity contribution in [1.82, 2.24) is 34.9 Å². The molecular formula is C38H41FN10O3. The van der Waals surface area contributed by atoms with E-state index in [-0.39, 0.29) is 43.4 Å². The molecule has 5 aromatic rings. The van der Waals surface area contributed by atoms with Crippen molar-refractivity contribution in [3.63, 3.8) is 0 Å². The number of anilines is 2. The molecular weight excluding hydrogens is 663 g/mol. The van der Waals surface area contributed by atoms with Gasteiger partial charge in [-0.25, -0.2) is 19.3 Å². The van der Waals surface area contributed by atoms with Crippen molar-refractivity contribution in [1.29, 1.82) is 0 Å². The summed E-state index contributed by atoms with van der Waals surface area (Å²) in [6.45, 7) is 6.79. The number of benzene rings is 2. The minimum atomic E-state index is -0.993. The predicted molar refractivity (Wildman–Crippen MR) is 197 cm³/mol. The first kappa shape index (κ1) is 34.8. The van der Waals surface area contributed by atoms with Gasteiger partial charge in [-0.3, -0.25) is 24.6 Å². The lowest BCUT2D eigenvalue weighted by atomic mass is 9.81. The minimum Gasteiger partial charge on any atom is -0.394 e. The number of hydrogen-bond donors (Lipinski definition) is 3. The quantitative estimate of drug-likeness (QED) is 0.183. The monoisotopic (exact) mass is 704 g/mol. The van der Waals surface area contributed by atoms with Crippen molar-refractivity contribution in [3.8, 4) is 22.6 Å². The molecule has 2 aliphatic heterocycles. The maximum atomic E-state index is 14.2. The number of fused-ring (bicyclic) bond motifs is 1. The summed E-state index contributed by atoms with van der Waals surface area (Å²) in [6, 6.07) is 17.3. The number of aliphatic hydroxyl groups excluding tert-OH is 1. The Kier molecular flexibility index (Phi) is 10.0. The molecule has 0 radical (unpaired) electrons. The number of nitrogens with zero attached hydrogens (tertiary/aromatic N) is 8. The van der Waals surface area contributed by atoms with E-state index in [0.29, 0.717) is 62.1 Å². The van der Waals surface area contributed by atoms with Crippen LogP contribution in [0.1, 0.15) is 20.3 Å². The highest BCUT2D eigenvalue weighted by molar-refractivity contribution is 6.13. The molecule has 7 rings (SSSR count). The van der Waals surface area contributed by atoms with Gasteiger partial charge in [-0.2, -0.15) is 5.10 Å². The Morgan fingerprint density at radius 3 is 2.56 bits per heavy atom. The second-order valence-corrected chi connectivity index (χ2v) is 13.4. The van der Waals surface area contributed by atoms with Crippen LogP contribution in [-0.4, -0.2) is 116 Å². The summed E-state index contributed by atoms with van der Waals surface area (Å²) in [6.07, 6.45) is 5.65. The highest BCUT2D eigenvalue weighted by atomic mass is 19.1. The van der Waals surface area contributed by atoms with Crippen molar-refractivity contribution in [2.45, 2.75) is 26.3 Å². The van der Waals surface area contributed by atoms with Crippen LogP contribution < -0.4 is 10.2 Å². The fourth-order valence-electron chi connectivity index (χ4n) is 7.18. The van der Waals surface area contributed by atoms with Gasteiger partial charge in [-0.1, -0.05) is 0 Å². The molecule has 0 bridgehead atoms. The number of amides is 2. The number of carbonyl (C=O) groups excluding carboxylic acids is 2. The third-order valence-electron chi connectivity index (χ3n) is 10.1. The Balaban J connectivity index is 1.02. The van der Waals surface area contributed by atoms with Crippen LogP contribution >= 0.6 is 0 Å². The number of aromatic amines is 1. The molecule has 13 nitrogen and oxygen atoms in total. The fraction of sp³-hybridized carbons (Fsp3) is 0.342. The van der Waals surface area contributed by atoms with E-state index in [9.17, 15) is 19.1 Å². The number of pyridine rings is 1. The van der Waals surface area contributed by atoms with Crippen molar-refractivity contribution in [2.24, 2.45) is 10.4 Å². The fourth-order valence-corrected chi connectivity index (χ4v) is 7.18. The molecule has 52 heavy (non-hydrogen) atoms. The molecule has 5 heterocycles. The van der Waals surface area contributed by atoms with Gasteiger partial charge in [-0.05, 0) is 80.9 Å². The number of piperazine rings is 1. The lowest BCUT2D eigenvalue weighted by molar-refractivity contribution is -0.135. The summed E-state index contributed by atoms with van der Waals surface area (Å²) >= 11 is 0. The van der Waals surface area contributed by atoms with Crippen LogP contribution in [0, 0.1) is 11.2 Å². The van der Waals surface area contributed by atoms with Crippen LogP contribution in [0.5, 0.6) is 0 Å². The molecule has 3 aromatic heterocycles. The molecule has 2 amide bonds. The van der Waals surface area contributed by atoms with Crippen LogP contribution in [0.3, 0.4) is 0 Å². The summed E-state index contributed by atoms with van der Waals surface area (Å²) < 4.78 is 13.6. The lowest BCUT2D eigenvalue weighted by Crippen LogP contribution is -2.56. The third kappa shape index (κ3) is 7.12. The minimum absolute atomic E-state index is 0.0107. The lowest BCUT2D eigenvalue weighted by Gasteiger charge is -2.41.